The molecule has 2 heterocycles. The van der Waals surface area contributed by atoms with E-state index in [2.05, 4.69) is 56.3 Å². The number of methoxy groups -OCH3 is 1. The van der Waals surface area contributed by atoms with E-state index >= 15 is 0 Å². The van der Waals surface area contributed by atoms with E-state index in [0.717, 1.165) is 47.8 Å². The number of carbonyl (C=O) groups excluding carboxylic acids is 1. The minimum atomic E-state index is -0.289. The van der Waals surface area contributed by atoms with Crippen molar-refractivity contribution in [1.29, 1.82) is 5.41 Å². The van der Waals surface area contributed by atoms with Crippen LogP contribution in [-0.2, 0) is 4.79 Å². The lowest BCUT2D eigenvalue weighted by Gasteiger charge is -2.39. The molecule has 1 saturated heterocycles. The van der Waals surface area contributed by atoms with Crippen LogP contribution >= 0.6 is 0 Å². The lowest BCUT2D eigenvalue weighted by molar-refractivity contribution is -0.111. The van der Waals surface area contributed by atoms with Crippen LogP contribution in [-0.4, -0.2) is 73.9 Å². The molecule has 0 spiro atoms. The molecule has 1 amide bonds. The van der Waals surface area contributed by atoms with Crippen molar-refractivity contribution in [3.05, 3.63) is 60.9 Å². The average molecular weight is 515 g/mol. The van der Waals surface area contributed by atoms with Crippen LogP contribution in [0.5, 0.6) is 5.75 Å². The lowest BCUT2D eigenvalue weighted by Crippen LogP contribution is -2.50. The van der Waals surface area contributed by atoms with Gasteiger partial charge in [-0.05, 0) is 32.2 Å². The molecule has 0 bridgehead atoms. The summed E-state index contributed by atoms with van der Waals surface area (Å²) in [6, 6.07) is 11.8. The zero-order valence-electron chi connectivity index (χ0n) is 22.2. The predicted octanol–water partition coefficient (Wildman–Crippen LogP) is 4.20. The Kier molecular flexibility index (Phi) is 8.22. The molecule has 0 saturated carbocycles. The number of ether oxygens (including phenoxy) is 1. The fourth-order valence-electron chi connectivity index (χ4n) is 4.43. The van der Waals surface area contributed by atoms with Gasteiger partial charge in [-0.2, -0.15) is 0 Å². The molecule has 1 aromatic heterocycles. The molecule has 10 heteroatoms. The average Bonchev–Trinajstić information content (AvgIpc) is 2.94. The summed E-state index contributed by atoms with van der Waals surface area (Å²) in [6.07, 6.45) is 4.06. The summed E-state index contributed by atoms with van der Waals surface area (Å²) in [7, 11) is 5.56. The number of anilines is 5. The second kappa shape index (κ2) is 11.7. The third-order valence-electron chi connectivity index (χ3n) is 6.77. The Hall–Kier alpha value is -4.44. The highest BCUT2D eigenvalue weighted by molar-refractivity contribution is 6.02. The zero-order chi connectivity index (χ0) is 27.2. The first-order valence-corrected chi connectivity index (χ1v) is 12.4. The Morgan fingerprint density at radius 1 is 1.16 bits per heavy atom. The Labute approximate surface area is 223 Å². The summed E-state index contributed by atoms with van der Waals surface area (Å²) < 4.78 is 5.75. The monoisotopic (exact) mass is 514 g/mol. The number of carbonyl (C=O) groups is 1. The standard InChI is InChI=1S/C28H34N8O2/c1-6-28(37)34-23-12-24(26(38-5)14-25(23)36-10-9-35(4)18(2)16-36)33-27-13-22(31-17-32-27)19-7-8-20(15-29)21(11-19)30-3/h6-8,11-15,17-18,29-30H,1,9-10,16H2,2-5H3,(H,34,37)(H,31,32,33). The normalized spacial score (nSPS) is 15.5. The van der Waals surface area contributed by atoms with Gasteiger partial charge < -0.3 is 35.9 Å². The van der Waals surface area contributed by atoms with Crippen molar-refractivity contribution in [2.24, 2.45) is 0 Å². The van der Waals surface area contributed by atoms with Gasteiger partial charge in [0.2, 0.25) is 5.91 Å². The Morgan fingerprint density at radius 2 is 1.97 bits per heavy atom. The van der Waals surface area contributed by atoms with Crippen LogP contribution in [0.2, 0.25) is 0 Å². The van der Waals surface area contributed by atoms with E-state index in [0.29, 0.717) is 29.0 Å². The predicted molar refractivity (Wildman–Crippen MR) is 154 cm³/mol. The molecule has 0 radical (unpaired) electrons. The smallest absolute Gasteiger partial charge is 0.247 e. The molecule has 198 valence electrons. The highest BCUT2D eigenvalue weighted by Gasteiger charge is 2.24. The van der Waals surface area contributed by atoms with Crippen LogP contribution in [0.15, 0.2) is 55.4 Å². The van der Waals surface area contributed by atoms with Crippen LogP contribution in [0.3, 0.4) is 0 Å². The van der Waals surface area contributed by atoms with E-state index in [1.807, 2.05) is 43.4 Å². The lowest BCUT2D eigenvalue weighted by atomic mass is 10.1. The first kappa shape index (κ1) is 26.6. The number of benzene rings is 2. The van der Waals surface area contributed by atoms with Crippen molar-refractivity contribution in [3.63, 3.8) is 0 Å². The number of aromatic nitrogens is 2. The van der Waals surface area contributed by atoms with Crippen molar-refractivity contribution in [1.82, 2.24) is 14.9 Å². The molecule has 1 unspecified atom stereocenters. The molecular formula is C28H34N8O2. The van der Waals surface area contributed by atoms with E-state index in [1.165, 1.54) is 18.6 Å². The van der Waals surface area contributed by atoms with Crippen molar-refractivity contribution >= 4 is 40.7 Å². The van der Waals surface area contributed by atoms with Crippen LogP contribution in [0.4, 0.5) is 28.6 Å². The van der Waals surface area contributed by atoms with Crippen LogP contribution in [0, 0.1) is 5.41 Å². The minimum Gasteiger partial charge on any atom is -0.494 e. The summed E-state index contributed by atoms with van der Waals surface area (Å²) >= 11 is 0. The number of hydrogen-bond donors (Lipinski definition) is 4. The van der Waals surface area contributed by atoms with Gasteiger partial charge in [0.1, 0.15) is 17.9 Å². The second-order valence-electron chi connectivity index (χ2n) is 9.15. The maximum Gasteiger partial charge on any atom is 0.247 e. The van der Waals surface area contributed by atoms with Gasteiger partial charge >= 0.3 is 0 Å². The van der Waals surface area contributed by atoms with Crippen LogP contribution in [0.25, 0.3) is 11.3 Å². The molecule has 4 rings (SSSR count). The highest BCUT2D eigenvalue weighted by Crippen LogP contribution is 2.39. The maximum atomic E-state index is 12.3. The Bertz CT molecular complexity index is 1340. The van der Waals surface area contributed by atoms with Gasteiger partial charge in [0.05, 0.1) is 29.9 Å². The van der Waals surface area contributed by atoms with E-state index in [1.54, 1.807) is 7.11 Å². The number of hydrogen-bond acceptors (Lipinski definition) is 9. The third kappa shape index (κ3) is 5.76. The van der Waals surface area contributed by atoms with Gasteiger partial charge in [0.15, 0.2) is 0 Å². The maximum absolute atomic E-state index is 12.3. The fraction of sp³-hybridized carbons (Fsp3) is 0.286. The molecule has 0 aliphatic carbocycles. The Balaban J connectivity index is 1.69. The summed E-state index contributed by atoms with van der Waals surface area (Å²) in [4.78, 5) is 25.7. The first-order chi connectivity index (χ1) is 18.4. The van der Waals surface area contributed by atoms with E-state index in [-0.39, 0.29) is 5.91 Å². The zero-order valence-corrected chi connectivity index (χ0v) is 22.2. The van der Waals surface area contributed by atoms with Crippen molar-refractivity contribution in [2.75, 3.05) is 61.7 Å². The summed E-state index contributed by atoms with van der Waals surface area (Å²) in [6.45, 7) is 8.35. The number of piperazine rings is 1. The van der Waals surface area contributed by atoms with E-state index < -0.39 is 0 Å². The number of nitrogens with zero attached hydrogens (tertiary/aromatic N) is 4. The third-order valence-corrected chi connectivity index (χ3v) is 6.77. The van der Waals surface area contributed by atoms with Crippen LogP contribution in [0.1, 0.15) is 12.5 Å². The van der Waals surface area contributed by atoms with Crippen LogP contribution < -0.4 is 25.6 Å². The Morgan fingerprint density at radius 3 is 2.66 bits per heavy atom. The SMILES string of the molecule is C=CC(=O)Nc1cc(Nc2cc(-c3ccc(C=N)c(NC)c3)ncn2)c(OC)cc1N1CCN(C)C(C)C1. The van der Waals surface area contributed by atoms with Gasteiger partial charge in [-0.1, -0.05) is 18.7 Å². The van der Waals surface area contributed by atoms with Crippen molar-refractivity contribution in [3.8, 4) is 17.0 Å². The molecule has 2 aromatic carbocycles. The van der Waals surface area contributed by atoms with E-state index in [9.17, 15) is 4.79 Å². The molecule has 4 N–H and O–H groups in total. The number of amides is 1. The quantitative estimate of drug-likeness (QED) is 0.248. The second-order valence-corrected chi connectivity index (χ2v) is 9.15. The highest BCUT2D eigenvalue weighted by atomic mass is 16.5. The summed E-state index contributed by atoms with van der Waals surface area (Å²) in [5.41, 5.74) is 5.43. The molecule has 1 aliphatic rings. The molecule has 1 fully saturated rings. The molecule has 1 atom stereocenters. The van der Waals surface area contributed by atoms with E-state index in [4.69, 9.17) is 10.1 Å². The number of likely N-dealkylation sites (N-methyl/N-ethyl adjacent to an activating group) is 1. The largest absolute Gasteiger partial charge is 0.494 e. The van der Waals surface area contributed by atoms with Gasteiger partial charge in [-0.25, -0.2) is 9.97 Å². The molecule has 3 aromatic rings. The minimum absolute atomic E-state index is 0.289. The fourth-order valence-corrected chi connectivity index (χ4v) is 4.43. The van der Waals surface area contributed by atoms with Gasteiger partial charge in [0.25, 0.3) is 0 Å². The number of rotatable bonds is 9. The van der Waals surface area contributed by atoms with Crippen molar-refractivity contribution < 1.29 is 9.53 Å². The summed E-state index contributed by atoms with van der Waals surface area (Å²) in [5.74, 6) is 0.899. The van der Waals surface area contributed by atoms with Crippen molar-refractivity contribution in [2.45, 2.75) is 13.0 Å². The molecule has 10 nitrogen and oxygen atoms in total. The molecular weight excluding hydrogens is 480 g/mol. The summed E-state index contributed by atoms with van der Waals surface area (Å²) in [5, 5.41) is 17.0. The number of nitrogens with one attached hydrogen (secondary N) is 4. The van der Waals surface area contributed by atoms with Gasteiger partial charge in [-0.15, -0.1) is 0 Å². The first-order valence-electron chi connectivity index (χ1n) is 12.4. The topological polar surface area (TPSA) is 118 Å². The van der Waals surface area contributed by atoms with Gasteiger partial charge in [0, 0.05) is 67.9 Å². The molecule has 38 heavy (non-hydrogen) atoms. The molecule has 1 aliphatic heterocycles. The van der Waals surface area contributed by atoms with Gasteiger partial charge in [-0.3, -0.25) is 4.79 Å².